The zero-order chi connectivity index (χ0) is 12.3. The monoisotopic (exact) mass is 244 g/mol. The molecule has 0 radical (unpaired) electrons. The first-order chi connectivity index (χ1) is 8.15. The molecule has 2 aromatic rings. The molecule has 3 heteroatoms. The van der Waals surface area contributed by atoms with Gasteiger partial charge in [-0.1, -0.05) is 35.5 Å². The maximum Gasteiger partial charge on any atom is 0.101 e. The topological polar surface area (TPSA) is 38.9 Å². The highest BCUT2D eigenvalue weighted by Crippen LogP contribution is 2.26. The molecule has 2 nitrogen and oxygen atoms in total. The Hall–Kier alpha value is -1.32. The number of hydrogen-bond acceptors (Lipinski definition) is 3. The van der Waals surface area contributed by atoms with Gasteiger partial charge in [-0.2, -0.15) is 0 Å². The third-order valence-corrected chi connectivity index (χ3v) is 3.49. The van der Waals surface area contributed by atoms with E-state index >= 15 is 0 Å². The van der Waals surface area contributed by atoms with Crippen molar-refractivity contribution in [1.82, 2.24) is 4.98 Å². The molecule has 1 aromatic heterocycles. The summed E-state index contributed by atoms with van der Waals surface area (Å²) in [6.07, 6.45) is 1.85. The van der Waals surface area contributed by atoms with E-state index in [1.807, 2.05) is 25.3 Å². The molecule has 0 saturated heterocycles. The quantitative estimate of drug-likeness (QED) is 0.897. The number of nitrogens with zero attached hydrogens (tertiary/aromatic N) is 1. The van der Waals surface area contributed by atoms with Gasteiger partial charge in [-0.25, -0.2) is 4.98 Å². The minimum Gasteiger partial charge on any atom is -0.324 e. The largest absolute Gasteiger partial charge is 0.324 e. The number of aryl methyl sites for hydroxylation is 1. The van der Waals surface area contributed by atoms with E-state index in [1.165, 1.54) is 10.5 Å². The fraction of sp³-hybridized carbons (Fsp3) is 0.214. The van der Waals surface area contributed by atoms with Gasteiger partial charge < -0.3 is 5.73 Å². The fourth-order valence-electron chi connectivity index (χ4n) is 1.45. The van der Waals surface area contributed by atoms with Crippen LogP contribution in [0.4, 0.5) is 0 Å². The molecule has 0 aliphatic rings. The Kier molecular flexibility index (Phi) is 3.82. The van der Waals surface area contributed by atoms with Crippen LogP contribution in [0.1, 0.15) is 24.1 Å². The lowest BCUT2D eigenvalue weighted by Crippen LogP contribution is -2.04. The molecule has 88 valence electrons. The van der Waals surface area contributed by atoms with Crippen molar-refractivity contribution in [2.24, 2.45) is 5.73 Å². The van der Waals surface area contributed by atoms with Gasteiger partial charge in [0.05, 0.1) is 0 Å². The van der Waals surface area contributed by atoms with Crippen LogP contribution in [0, 0.1) is 6.92 Å². The van der Waals surface area contributed by atoms with Gasteiger partial charge in [0.1, 0.15) is 5.03 Å². The molecule has 0 aliphatic carbocycles. The van der Waals surface area contributed by atoms with Gasteiger partial charge in [0.25, 0.3) is 0 Å². The van der Waals surface area contributed by atoms with Gasteiger partial charge in [-0.3, -0.25) is 0 Å². The smallest absolute Gasteiger partial charge is 0.101 e. The van der Waals surface area contributed by atoms with Crippen molar-refractivity contribution in [3.63, 3.8) is 0 Å². The molecule has 0 unspecified atom stereocenters. The van der Waals surface area contributed by atoms with Crippen LogP contribution in [-0.4, -0.2) is 4.98 Å². The van der Waals surface area contributed by atoms with Crippen LogP contribution in [0.25, 0.3) is 0 Å². The Morgan fingerprint density at radius 3 is 2.35 bits per heavy atom. The van der Waals surface area contributed by atoms with Crippen LogP contribution in [0.2, 0.25) is 0 Å². The SMILES string of the molecule is Cc1ccc(Sc2ccc([C@@H](C)N)cn2)cc1. The molecule has 0 bridgehead atoms. The first-order valence-corrected chi connectivity index (χ1v) is 6.43. The van der Waals surface area contributed by atoms with Gasteiger partial charge in [-0.05, 0) is 37.6 Å². The maximum atomic E-state index is 5.79. The van der Waals surface area contributed by atoms with E-state index in [-0.39, 0.29) is 6.04 Å². The predicted molar refractivity (Wildman–Crippen MR) is 72.1 cm³/mol. The van der Waals surface area contributed by atoms with E-state index in [2.05, 4.69) is 36.2 Å². The second-order valence-corrected chi connectivity index (χ2v) is 5.23. The fourth-order valence-corrected chi connectivity index (χ4v) is 2.20. The standard InChI is InChI=1S/C14H16N2S/c1-10-3-6-13(7-4-10)17-14-8-5-12(9-16-14)11(2)15/h3-9,11H,15H2,1-2H3/t11-/m1/s1. The molecule has 0 aliphatic heterocycles. The van der Waals surface area contributed by atoms with Gasteiger partial charge in [-0.15, -0.1) is 0 Å². The molecule has 2 rings (SSSR count). The van der Waals surface area contributed by atoms with Crippen molar-refractivity contribution < 1.29 is 0 Å². The normalized spacial score (nSPS) is 12.4. The third kappa shape index (κ3) is 3.32. The maximum absolute atomic E-state index is 5.79. The molecule has 0 spiro atoms. The van der Waals surface area contributed by atoms with Crippen LogP contribution < -0.4 is 5.73 Å². The highest BCUT2D eigenvalue weighted by molar-refractivity contribution is 7.99. The Morgan fingerprint density at radius 2 is 1.82 bits per heavy atom. The van der Waals surface area contributed by atoms with Crippen molar-refractivity contribution in [3.8, 4) is 0 Å². The van der Waals surface area contributed by atoms with Crippen molar-refractivity contribution >= 4 is 11.8 Å². The van der Waals surface area contributed by atoms with E-state index in [4.69, 9.17) is 5.73 Å². The Bertz CT molecular complexity index is 475. The van der Waals surface area contributed by atoms with Crippen LogP contribution in [0.15, 0.2) is 52.5 Å². The number of aromatic nitrogens is 1. The van der Waals surface area contributed by atoms with Crippen LogP contribution in [0.3, 0.4) is 0 Å². The number of rotatable bonds is 3. The summed E-state index contributed by atoms with van der Waals surface area (Å²) >= 11 is 1.66. The lowest BCUT2D eigenvalue weighted by Gasteiger charge is -2.06. The summed E-state index contributed by atoms with van der Waals surface area (Å²) in [5.74, 6) is 0. The lowest BCUT2D eigenvalue weighted by molar-refractivity contribution is 0.806. The highest BCUT2D eigenvalue weighted by atomic mass is 32.2. The second kappa shape index (κ2) is 5.34. The number of hydrogen-bond donors (Lipinski definition) is 1. The summed E-state index contributed by atoms with van der Waals surface area (Å²) in [6.45, 7) is 4.05. The van der Waals surface area contributed by atoms with E-state index < -0.39 is 0 Å². The van der Waals surface area contributed by atoms with Crippen molar-refractivity contribution in [3.05, 3.63) is 53.7 Å². The van der Waals surface area contributed by atoms with Gasteiger partial charge >= 0.3 is 0 Å². The zero-order valence-electron chi connectivity index (χ0n) is 10.1. The average molecular weight is 244 g/mol. The molecule has 0 fully saturated rings. The predicted octanol–water partition coefficient (Wildman–Crippen LogP) is 3.56. The summed E-state index contributed by atoms with van der Waals surface area (Å²) in [5.41, 5.74) is 8.13. The van der Waals surface area contributed by atoms with Gasteiger partial charge in [0.2, 0.25) is 0 Å². The number of benzene rings is 1. The third-order valence-electron chi connectivity index (χ3n) is 2.53. The molecular weight excluding hydrogens is 228 g/mol. The zero-order valence-corrected chi connectivity index (χ0v) is 10.9. The molecule has 0 amide bonds. The summed E-state index contributed by atoms with van der Waals surface area (Å²) < 4.78 is 0. The van der Waals surface area contributed by atoms with E-state index in [1.54, 1.807) is 11.8 Å². The second-order valence-electron chi connectivity index (χ2n) is 4.13. The highest BCUT2D eigenvalue weighted by Gasteiger charge is 2.02. The first-order valence-electron chi connectivity index (χ1n) is 5.61. The minimum atomic E-state index is 0.0425. The van der Waals surface area contributed by atoms with E-state index in [9.17, 15) is 0 Å². The Morgan fingerprint density at radius 1 is 1.12 bits per heavy atom. The average Bonchev–Trinajstić information content (AvgIpc) is 2.33. The Balaban J connectivity index is 2.11. The van der Waals surface area contributed by atoms with Crippen LogP contribution in [0.5, 0.6) is 0 Å². The summed E-state index contributed by atoms with van der Waals surface area (Å²) in [4.78, 5) is 5.61. The molecular formula is C14H16N2S. The van der Waals surface area contributed by atoms with Gasteiger partial charge in [0, 0.05) is 17.1 Å². The molecule has 1 atom stereocenters. The molecule has 0 saturated carbocycles. The number of pyridine rings is 1. The van der Waals surface area contributed by atoms with Crippen molar-refractivity contribution in [2.75, 3.05) is 0 Å². The van der Waals surface area contributed by atoms with E-state index in [0.29, 0.717) is 0 Å². The molecule has 1 aromatic carbocycles. The summed E-state index contributed by atoms with van der Waals surface area (Å²) in [7, 11) is 0. The van der Waals surface area contributed by atoms with Crippen LogP contribution in [-0.2, 0) is 0 Å². The van der Waals surface area contributed by atoms with Crippen molar-refractivity contribution in [1.29, 1.82) is 0 Å². The van der Waals surface area contributed by atoms with E-state index in [0.717, 1.165) is 10.6 Å². The first kappa shape index (κ1) is 12.1. The Labute approximate surface area is 106 Å². The molecule has 1 heterocycles. The van der Waals surface area contributed by atoms with Crippen molar-refractivity contribution in [2.45, 2.75) is 29.8 Å². The van der Waals surface area contributed by atoms with Crippen LogP contribution >= 0.6 is 11.8 Å². The molecule has 17 heavy (non-hydrogen) atoms. The minimum absolute atomic E-state index is 0.0425. The molecule has 2 N–H and O–H groups in total. The summed E-state index contributed by atoms with van der Waals surface area (Å²) in [6, 6.07) is 12.5. The summed E-state index contributed by atoms with van der Waals surface area (Å²) in [5, 5.41) is 0.998. The number of nitrogens with two attached hydrogens (primary N) is 1. The lowest BCUT2D eigenvalue weighted by atomic mass is 10.2. The van der Waals surface area contributed by atoms with Gasteiger partial charge in [0.15, 0.2) is 0 Å².